The Morgan fingerprint density at radius 1 is 0.382 bits per heavy atom. The molecular formula is C30H18N2S2. The number of nitrogens with one attached hydrogen (secondary N) is 2. The molecule has 2 aromatic heterocycles. The number of aromatic amines is 2. The number of fused-ring (bicyclic) bond motifs is 11. The Morgan fingerprint density at radius 2 is 0.794 bits per heavy atom. The fraction of sp³-hybridized carbons (Fsp3) is 0. The predicted octanol–water partition coefficient (Wildman–Crippen LogP) is 9.66. The van der Waals surface area contributed by atoms with Crippen LogP contribution in [0, 0.1) is 0 Å². The Bertz CT molecular complexity index is 1980. The number of aromatic nitrogens is 2. The van der Waals surface area contributed by atoms with Gasteiger partial charge in [0.05, 0.1) is 40.9 Å². The molecule has 0 radical (unpaired) electrons. The number of H-pyrrole nitrogens is 2. The molecule has 160 valence electrons. The molecule has 0 saturated heterocycles. The van der Waals surface area contributed by atoms with Crippen molar-refractivity contribution in [3.63, 3.8) is 0 Å². The average molecular weight is 471 g/mol. The summed E-state index contributed by atoms with van der Waals surface area (Å²) < 4.78 is 5.21. The van der Waals surface area contributed by atoms with E-state index in [4.69, 9.17) is 0 Å². The second-order valence-electron chi connectivity index (χ2n) is 8.76. The van der Waals surface area contributed by atoms with Crippen molar-refractivity contribution in [1.29, 1.82) is 0 Å². The summed E-state index contributed by atoms with van der Waals surface area (Å²) in [5, 5.41) is 7.74. The minimum atomic E-state index is 1.18. The van der Waals surface area contributed by atoms with Crippen LogP contribution in [-0.4, -0.2) is 9.97 Å². The molecule has 34 heavy (non-hydrogen) atoms. The highest BCUT2D eigenvalue weighted by molar-refractivity contribution is 7.28. The van der Waals surface area contributed by atoms with Crippen LogP contribution >= 0.6 is 22.7 Å². The van der Waals surface area contributed by atoms with Gasteiger partial charge in [-0.1, -0.05) is 72.8 Å². The Hall–Kier alpha value is -3.86. The van der Waals surface area contributed by atoms with Crippen molar-refractivity contribution in [3.05, 3.63) is 97.1 Å². The van der Waals surface area contributed by atoms with E-state index in [1.165, 1.54) is 73.2 Å². The summed E-state index contributed by atoms with van der Waals surface area (Å²) in [4.78, 5) is 7.46. The Morgan fingerprint density at radius 3 is 1.29 bits per heavy atom. The summed E-state index contributed by atoms with van der Waals surface area (Å²) in [6.07, 6.45) is 0. The molecule has 4 heteroatoms. The Kier molecular flexibility index (Phi) is 3.73. The third-order valence-electron chi connectivity index (χ3n) is 6.80. The molecule has 2 N–H and O–H groups in total. The van der Waals surface area contributed by atoms with E-state index in [0.29, 0.717) is 0 Å². The quantitative estimate of drug-likeness (QED) is 0.163. The first-order chi connectivity index (χ1) is 16.8. The lowest BCUT2D eigenvalue weighted by molar-refractivity contribution is 1.53. The highest BCUT2D eigenvalue weighted by atomic mass is 32.1. The van der Waals surface area contributed by atoms with Gasteiger partial charge in [-0.15, -0.1) is 22.7 Å². The van der Waals surface area contributed by atoms with Gasteiger partial charge in [-0.05, 0) is 40.4 Å². The van der Waals surface area contributed by atoms with Crippen LogP contribution in [0.4, 0.5) is 0 Å². The topological polar surface area (TPSA) is 31.6 Å². The summed E-state index contributed by atoms with van der Waals surface area (Å²) in [5.41, 5.74) is 4.72. The fourth-order valence-electron chi connectivity index (χ4n) is 5.16. The van der Waals surface area contributed by atoms with Crippen molar-refractivity contribution in [1.82, 2.24) is 9.97 Å². The van der Waals surface area contributed by atoms with Crippen molar-refractivity contribution < 1.29 is 0 Å². The van der Waals surface area contributed by atoms with E-state index >= 15 is 0 Å². The molecule has 8 rings (SSSR count). The lowest BCUT2D eigenvalue weighted by Gasteiger charge is -2.12. The van der Waals surface area contributed by atoms with Gasteiger partial charge in [0.1, 0.15) is 0 Å². The van der Waals surface area contributed by atoms with E-state index in [9.17, 15) is 0 Å². The molecule has 0 fully saturated rings. The molecule has 2 heterocycles. The molecule has 0 aliphatic heterocycles. The lowest BCUT2D eigenvalue weighted by atomic mass is 10.1. The second kappa shape index (κ2) is 6.83. The molecule has 0 atom stereocenters. The van der Waals surface area contributed by atoms with Crippen molar-refractivity contribution in [2.45, 2.75) is 0 Å². The van der Waals surface area contributed by atoms with Crippen molar-refractivity contribution >= 4 is 95.9 Å². The van der Waals surface area contributed by atoms with E-state index < -0.39 is 0 Å². The third-order valence-corrected chi connectivity index (χ3v) is 9.34. The molecule has 0 saturated carbocycles. The normalized spacial score (nSPS) is 12.1. The predicted molar refractivity (Wildman–Crippen MR) is 151 cm³/mol. The lowest BCUT2D eigenvalue weighted by Crippen LogP contribution is -1.86. The summed E-state index contributed by atoms with van der Waals surface area (Å²) in [6, 6.07) is 35.1. The van der Waals surface area contributed by atoms with Crippen LogP contribution in [-0.2, 0) is 0 Å². The summed E-state index contributed by atoms with van der Waals surface area (Å²) in [7, 11) is 0. The van der Waals surface area contributed by atoms with Crippen LogP contribution in [0.5, 0.6) is 0 Å². The number of hydrogen-bond donors (Lipinski definition) is 2. The van der Waals surface area contributed by atoms with Gasteiger partial charge in [0, 0.05) is 16.2 Å². The molecular weight excluding hydrogens is 452 g/mol. The van der Waals surface area contributed by atoms with Crippen LogP contribution < -0.4 is 0 Å². The molecule has 0 amide bonds. The van der Waals surface area contributed by atoms with Gasteiger partial charge in [-0.3, -0.25) is 0 Å². The van der Waals surface area contributed by atoms with E-state index in [1.54, 1.807) is 0 Å². The summed E-state index contributed by atoms with van der Waals surface area (Å²) >= 11 is 3.79. The smallest absolute Gasteiger partial charge is 0.0605 e. The number of benzene rings is 6. The zero-order valence-corrected chi connectivity index (χ0v) is 19.7. The molecule has 6 aromatic carbocycles. The highest BCUT2D eigenvalue weighted by Gasteiger charge is 2.12. The molecule has 0 bridgehead atoms. The van der Waals surface area contributed by atoms with Crippen LogP contribution in [0.25, 0.3) is 73.2 Å². The zero-order valence-electron chi connectivity index (χ0n) is 18.1. The van der Waals surface area contributed by atoms with E-state index in [0.717, 1.165) is 0 Å². The largest absolute Gasteiger partial charge is 0.353 e. The Labute approximate surface area is 202 Å². The minimum Gasteiger partial charge on any atom is -0.353 e. The molecule has 0 unspecified atom stereocenters. The van der Waals surface area contributed by atoms with Crippen molar-refractivity contribution in [3.8, 4) is 0 Å². The maximum Gasteiger partial charge on any atom is 0.0605 e. The monoisotopic (exact) mass is 470 g/mol. The fourth-order valence-corrected chi connectivity index (χ4v) is 7.79. The number of rotatable bonds is 0. The van der Waals surface area contributed by atoms with Crippen LogP contribution in [0.3, 0.4) is 0 Å². The molecule has 0 spiro atoms. The van der Waals surface area contributed by atoms with Crippen LogP contribution in [0.2, 0.25) is 0 Å². The molecule has 2 nitrogen and oxygen atoms in total. The average Bonchev–Trinajstić information content (AvgIpc) is 2.90. The SMILES string of the molecule is c1ccc2c(c1)ccc1[nH]c3ccc4ccc5[nH]c6ccc7ccccc7c6sc5c4c3sc12. The molecule has 0 aliphatic rings. The van der Waals surface area contributed by atoms with E-state index in [2.05, 4.69) is 107 Å². The van der Waals surface area contributed by atoms with Gasteiger partial charge in [0.15, 0.2) is 0 Å². The van der Waals surface area contributed by atoms with E-state index in [-0.39, 0.29) is 0 Å². The van der Waals surface area contributed by atoms with Gasteiger partial charge in [-0.25, -0.2) is 0 Å². The van der Waals surface area contributed by atoms with Crippen LogP contribution in [0.1, 0.15) is 0 Å². The van der Waals surface area contributed by atoms with Crippen molar-refractivity contribution in [2.24, 2.45) is 0 Å². The van der Waals surface area contributed by atoms with Crippen LogP contribution in [0.15, 0.2) is 97.1 Å². The van der Waals surface area contributed by atoms with Gasteiger partial charge in [0.2, 0.25) is 0 Å². The van der Waals surface area contributed by atoms with Gasteiger partial charge in [-0.2, -0.15) is 0 Å². The molecule has 0 aliphatic carbocycles. The maximum absolute atomic E-state index is 3.73. The highest BCUT2D eigenvalue weighted by Crippen LogP contribution is 2.41. The first-order valence-corrected chi connectivity index (χ1v) is 13.0. The standard InChI is InChI=1S/C30H18N2S2/c1-3-7-20-17(5-1)9-13-22-27(20)33-29-24(31-22)15-11-19-12-16-25-30(26(19)29)34-28-21-8-4-2-6-18(21)10-14-23(28)32-25/h1-16,31-32H. The first-order valence-electron chi connectivity index (χ1n) is 11.4. The van der Waals surface area contributed by atoms with Gasteiger partial charge < -0.3 is 9.97 Å². The first kappa shape index (κ1) is 18.6. The summed E-state index contributed by atoms with van der Waals surface area (Å²) in [6.45, 7) is 0. The third kappa shape index (κ3) is 2.55. The Balaban J connectivity index is 1.60. The van der Waals surface area contributed by atoms with Gasteiger partial charge in [0.25, 0.3) is 0 Å². The van der Waals surface area contributed by atoms with E-state index in [1.807, 2.05) is 22.7 Å². The zero-order chi connectivity index (χ0) is 22.2. The second-order valence-corrected chi connectivity index (χ2v) is 10.8. The summed E-state index contributed by atoms with van der Waals surface area (Å²) in [5.74, 6) is 0. The van der Waals surface area contributed by atoms with Gasteiger partial charge >= 0.3 is 0 Å². The minimum absolute atomic E-state index is 1.18. The molecule has 8 aromatic rings. The maximum atomic E-state index is 3.73. The number of hydrogen-bond acceptors (Lipinski definition) is 2. The van der Waals surface area contributed by atoms with Crippen molar-refractivity contribution in [2.75, 3.05) is 0 Å².